The molecule has 0 radical (unpaired) electrons. The topological polar surface area (TPSA) is 373 Å². The van der Waals surface area contributed by atoms with E-state index in [1.54, 1.807) is 0 Å². The summed E-state index contributed by atoms with van der Waals surface area (Å²) in [7, 11) is -12.4. The molecule has 0 aromatic heterocycles. The average molecular weight is 1020 g/mol. The summed E-state index contributed by atoms with van der Waals surface area (Å²) in [5, 5.41) is 67.2. The molecule has 0 heterocycles. The maximum Gasteiger partial charge on any atom is 1.00 e. The Bertz CT molecular complexity index is 2500. The number of hydrogen-bond acceptors (Lipinski definition) is 28. The van der Waals surface area contributed by atoms with Gasteiger partial charge in [-0.2, -0.15) is 4.33 Å². The van der Waals surface area contributed by atoms with Gasteiger partial charge in [-0.3, -0.25) is 23.5 Å². The third kappa shape index (κ3) is 17.7. The summed E-state index contributed by atoms with van der Waals surface area (Å²) in [6.45, 7) is -0.950. The normalized spacial score (nSPS) is 11.8. The predicted octanol–water partition coefficient (Wildman–Crippen LogP) is -9.73. The zero-order valence-electron chi connectivity index (χ0n) is 32.5. The summed E-state index contributed by atoms with van der Waals surface area (Å²) in [6.07, 6.45) is 0. The van der Waals surface area contributed by atoms with Crippen molar-refractivity contribution in [3.8, 4) is 11.5 Å². The van der Waals surface area contributed by atoms with Crippen LogP contribution in [0.5, 0.6) is 11.5 Å². The Labute approximate surface area is 453 Å². The van der Waals surface area contributed by atoms with E-state index >= 15 is 0 Å². The van der Waals surface area contributed by atoms with Crippen molar-refractivity contribution >= 4 is 106 Å². The van der Waals surface area contributed by atoms with Gasteiger partial charge < -0.3 is 35.9 Å². The van der Waals surface area contributed by atoms with Gasteiger partial charge in [0.05, 0.1) is 69.1 Å². The second-order valence-corrected chi connectivity index (χ2v) is 17.7. The molecular formula is C27H23N5Na4O20S6. The molecule has 316 valence electrons. The first-order chi connectivity index (χ1) is 27.6. The number of phenolic OH excluding ortho intramolecular Hbond substituents is 1. The molecule has 35 heteroatoms. The number of azo groups is 2. The minimum absolute atomic E-state index is 0. The molecule has 0 saturated heterocycles. The van der Waals surface area contributed by atoms with Crippen LogP contribution in [0.4, 0.5) is 28.4 Å². The molecule has 0 aliphatic rings. The first-order valence-corrected chi connectivity index (χ1v) is 21.6. The van der Waals surface area contributed by atoms with Crippen molar-refractivity contribution in [3.63, 3.8) is 0 Å². The molecule has 0 aliphatic carbocycles. The number of methoxy groups -OCH3 is 1. The fraction of sp³-hybridized carbons (Fsp3) is 0.185. The Balaban J connectivity index is 0.00000930. The first-order valence-electron chi connectivity index (χ1n) is 14.9. The number of nitrogens with two attached hydrogens (primary N) is 1. The van der Waals surface area contributed by atoms with Crippen LogP contribution < -0.4 is 144 Å². The van der Waals surface area contributed by atoms with Gasteiger partial charge in [0, 0.05) is 10.8 Å². The summed E-state index contributed by atoms with van der Waals surface area (Å²) < 4.78 is 115. The molecule has 3 N–H and O–H groups in total. The number of benzene rings is 4. The molecule has 4 aromatic rings. The number of hydrogen-bond donors (Lipinski definition) is 2. The second-order valence-electron chi connectivity index (χ2n) is 10.4. The molecule has 0 unspecified atom stereocenters. The van der Waals surface area contributed by atoms with Gasteiger partial charge in [-0.25, -0.2) is 25.3 Å². The van der Waals surface area contributed by atoms with Crippen LogP contribution in [-0.4, -0.2) is 66.7 Å². The molecule has 0 amide bonds. The van der Waals surface area contributed by atoms with Crippen LogP contribution in [0.3, 0.4) is 0 Å². The predicted molar refractivity (Wildman–Crippen MR) is 189 cm³/mol. The molecule has 0 saturated carbocycles. The van der Waals surface area contributed by atoms with Crippen molar-refractivity contribution in [2.45, 2.75) is 19.6 Å². The van der Waals surface area contributed by atoms with Crippen LogP contribution in [0.15, 0.2) is 94.6 Å². The monoisotopic (exact) mass is 1020 g/mol. The second kappa shape index (κ2) is 29.8. The largest absolute Gasteiger partial charge is 1.00 e. The summed E-state index contributed by atoms with van der Waals surface area (Å²) in [5.74, 6) is -1.92. The number of anilines is 1. The standard InChI is InChI=1S/C27H27N5O20S6.4Na/c1-44-22-7-3-15(56(37,38)10-8-45-54-51-48-35)12-21(22)30-31-25-18-14-23(53-50-47-34)26(27(33)17(18)4-5-19(25)28)32-29-20-6-2-16(13-24(20)58(41,42)43)57(39,40)11-9-46-55-52-49-36;;;;/h2-7,12-14,33-36H,8-11,28H2,1H3,(H,41,42,43);;;;/q;4*+1/p-4. The van der Waals surface area contributed by atoms with Gasteiger partial charge >= 0.3 is 118 Å². The third-order valence-corrected chi connectivity index (χ3v) is 12.6. The Hall–Kier alpha value is 0.160. The minimum Gasteiger partial charge on any atom is -0.744 e. The van der Waals surface area contributed by atoms with Crippen LogP contribution in [0, 0.1) is 0 Å². The Morgan fingerprint density at radius 3 is 1.74 bits per heavy atom. The van der Waals surface area contributed by atoms with E-state index in [1.165, 1.54) is 37.4 Å². The average Bonchev–Trinajstić information content (AvgIpc) is 3.18. The van der Waals surface area contributed by atoms with E-state index in [0.29, 0.717) is 6.07 Å². The fourth-order valence-electron chi connectivity index (χ4n) is 4.52. The van der Waals surface area contributed by atoms with Crippen LogP contribution >= 0.6 is 36.7 Å². The summed E-state index contributed by atoms with van der Waals surface area (Å²) in [4.78, 5) is -2.22. The summed E-state index contributed by atoms with van der Waals surface area (Å²) >= 11 is 0.358. The quantitative estimate of drug-likeness (QED) is 0.0102. The van der Waals surface area contributed by atoms with Crippen LogP contribution in [0.2, 0.25) is 0 Å². The Kier molecular flexibility index (Phi) is 29.9. The number of aromatic hydroxyl groups is 1. The van der Waals surface area contributed by atoms with E-state index in [1.807, 2.05) is 0 Å². The van der Waals surface area contributed by atoms with Gasteiger partial charge in [0.15, 0.2) is 50.1 Å². The van der Waals surface area contributed by atoms with Crippen LogP contribution in [-0.2, 0) is 66.3 Å². The molecular weight excluding hydrogens is 999 g/mol. The maximum atomic E-state index is 12.9. The van der Waals surface area contributed by atoms with E-state index in [0.717, 1.165) is 18.2 Å². The van der Waals surface area contributed by atoms with E-state index in [2.05, 4.69) is 52.8 Å². The van der Waals surface area contributed by atoms with Crippen molar-refractivity contribution in [3.05, 3.63) is 54.6 Å². The number of nitrogens with zero attached hydrogens (tertiary/aromatic N) is 4. The van der Waals surface area contributed by atoms with Gasteiger partial charge in [-0.1, -0.05) is 0 Å². The van der Waals surface area contributed by atoms with Crippen molar-refractivity contribution in [1.29, 1.82) is 0 Å². The zero-order valence-corrected chi connectivity index (χ0v) is 45.4. The molecule has 62 heavy (non-hydrogen) atoms. The van der Waals surface area contributed by atoms with Gasteiger partial charge in [-0.15, -0.1) is 29.1 Å². The molecule has 25 nitrogen and oxygen atoms in total. The van der Waals surface area contributed by atoms with Gasteiger partial charge in [0.2, 0.25) is 0 Å². The first kappa shape index (κ1) is 62.2. The number of fused-ring (bicyclic) bond motifs is 1. The SMILES string of the molecule is COc1ccc(S(=O)(=O)CCOSOO[O-])cc1N=Nc1c(N)ccc2c(O)c(N=Nc3ccc(S(=O)(=O)CCOSOO[O-])cc3S(=O)(=O)[O-])c(SOO[O-])cc12.[Na+].[Na+].[Na+].[Na+]. The van der Waals surface area contributed by atoms with Crippen molar-refractivity contribution < 1.29 is 210 Å². The number of sulfone groups is 2. The summed E-state index contributed by atoms with van der Waals surface area (Å²) in [5.41, 5.74) is 4.80. The van der Waals surface area contributed by atoms with Crippen molar-refractivity contribution in [1.82, 2.24) is 0 Å². The Morgan fingerprint density at radius 2 is 1.19 bits per heavy atom. The number of phenols is 1. The zero-order chi connectivity index (χ0) is 42.5. The molecule has 4 rings (SSSR count). The third-order valence-electron chi connectivity index (χ3n) is 7.05. The molecule has 0 fully saturated rings. The molecule has 0 spiro atoms. The van der Waals surface area contributed by atoms with E-state index in [-0.39, 0.29) is 198 Å². The fourth-order valence-corrected chi connectivity index (χ4v) is 8.56. The number of rotatable bonds is 23. The van der Waals surface area contributed by atoms with E-state index < -0.39 is 81.4 Å². The maximum absolute atomic E-state index is 12.9. The van der Waals surface area contributed by atoms with Crippen molar-refractivity contribution in [2.75, 3.05) is 37.6 Å². The van der Waals surface area contributed by atoms with Gasteiger partial charge in [-0.05, 0) is 54.6 Å². The summed E-state index contributed by atoms with van der Waals surface area (Å²) in [6, 6.07) is 9.78. The molecule has 0 atom stereocenters. The Morgan fingerprint density at radius 1 is 0.661 bits per heavy atom. The van der Waals surface area contributed by atoms with Crippen LogP contribution in [0.25, 0.3) is 10.8 Å². The molecule has 0 aliphatic heterocycles. The minimum atomic E-state index is -5.42. The number of nitrogen functional groups attached to an aromatic ring is 1. The smallest absolute Gasteiger partial charge is 0.744 e. The molecule has 0 bridgehead atoms. The number of ether oxygens (including phenoxy) is 1. The van der Waals surface area contributed by atoms with E-state index in [9.17, 15) is 50.7 Å². The van der Waals surface area contributed by atoms with Gasteiger partial charge in [0.25, 0.3) is 0 Å². The van der Waals surface area contributed by atoms with Crippen molar-refractivity contribution in [2.24, 2.45) is 20.5 Å². The van der Waals surface area contributed by atoms with Gasteiger partial charge in [0.1, 0.15) is 38.6 Å². The van der Waals surface area contributed by atoms with Crippen LogP contribution in [0.1, 0.15) is 0 Å². The molecule has 4 aromatic carbocycles. The van der Waals surface area contributed by atoms with E-state index in [4.69, 9.17) is 14.7 Å².